The molecular weight excluding hydrogens is 260 g/mol. The van der Waals surface area contributed by atoms with E-state index in [-0.39, 0.29) is 11.3 Å². The molecule has 2 aromatic rings. The Morgan fingerprint density at radius 2 is 2.10 bits per heavy atom. The number of nitro groups is 1. The second kappa shape index (κ2) is 6.19. The highest BCUT2D eigenvalue weighted by molar-refractivity contribution is 5.98. The summed E-state index contributed by atoms with van der Waals surface area (Å²) in [6.07, 6.45) is 4.59. The van der Waals surface area contributed by atoms with Crippen LogP contribution in [0.15, 0.2) is 53.9 Å². The van der Waals surface area contributed by atoms with Gasteiger partial charge in [0.2, 0.25) is 0 Å². The summed E-state index contributed by atoms with van der Waals surface area (Å²) in [6, 6.07) is 9.16. The first kappa shape index (κ1) is 13.3. The lowest BCUT2D eigenvalue weighted by Gasteiger charge is -2.00. The zero-order valence-corrected chi connectivity index (χ0v) is 10.3. The summed E-state index contributed by atoms with van der Waals surface area (Å²) in [5.74, 6) is -0.641. The Bertz CT molecular complexity index is 656. The summed E-state index contributed by atoms with van der Waals surface area (Å²) in [7, 11) is 0. The molecule has 0 spiro atoms. The van der Waals surface area contributed by atoms with Gasteiger partial charge in [-0.3, -0.25) is 19.9 Å². The first-order chi connectivity index (χ1) is 9.68. The van der Waals surface area contributed by atoms with Crippen molar-refractivity contribution in [1.29, 1.82) is 0 Å². The number of hydrazone groups is 1. The first-order valence-electron chi connectivity index (χ1n) is 5.65. The van der Waals surface area contributed by atoms with Gasteiger partial charge in [0.05, 0.1) is 11.1 Å². The van der Waals surface area contributed by atoms with E-state index in [0.717, 1.165) is 0 Å². The minimum Gasteiger partial charge on any atom is -0.267 e. The number of amides is 1. The fraction of sp³-hybridized carbons (Fsp3) is 0. The molecule has 100 valence electrons. The Morgan fingerprint density at radius 1 is 1.30 bits per heavy atom. The van der Waals surface area contributed by atoms with Crippen molar-refractivity contribution in [2.45, 2.75) is 0 Å². The molecule has 0 aliphatic rings. The van der Waals surface area contributed by atoms with Crippen LogP contribution in [0.5, 0.6) is 0 Å². The van der Waals surface area contributed by atoms with Gasteiger partial charge in [0.25, 0.3) is 11.6 Å². The van der Waals surface area contributed by atoms with Gasteiger partial charge in [0.1, 0.15) is 5.56 Å². The van der Waals surface area contributed by atoms with E-state index in [1.165, 1.54) is 24.4 Å². The van der Waals surface area contributed by atoms with Crippen molar-refractivity contribution >= 4 is 17.8 Å². The third kappa shape index (κ3) is 3.22. The molecule has 0 saturated heterocycles. The third-order valence-corrected chi connectivity index (χ3v) is 2.41. The molecule has 1 aromatic carbocycles. The molecule has 0 fully saturated rings. The van der Waals surface area contributed by atoms with Crippen LogP contribution in [0.3, 0.4) is 0 Å². The van der Waals surface area contributed by atoms with Gasteiger partial charge in [-0.25, -0.2) is 5.43 Å². The van der Waals surface area contributed by atoms with Gasteiger partial charge in [-0.05, 0) is 12.1 Å². The number of nitrogens with zero attached hydrogens (tertiary/aromatic N) is 3. The highest BCUT2D eigenvalue weighted by Gasteiger charge is 2.18. The number of aromatic nitrogens is 1. The topological polar surface area (TPSA) is 97.5 Å². The fourth-order valence-electron chi connectivity index (χ4n) is 1.50. The highest BCUT2D eigenvalue weighted by atomic mass is 16.6. The monoisotopic (exact) mass is 270 g/mol. The minimum atomic E-state index is -0.641. The summed E-state index contributed by atoms with van der Waals surface area (Å²) < 4.78 is 0. The predicted molar refractivity (Wildman–Crippen MR) is 72.4 cm³/mol. The van der Waals surface area contributed by atoms with Crippen LogP contribution in [0.1, 0.15) is 15.9 Å². The lowest BCUT2D eigenvalue weighted by atomic mass is 10.2. The van der Waals surface area contributed by atoms with Gasteiger partial charge >= 0.3 is 0 Å². The van der Waals surface area contributed by atoms with Crippen LogP contribution < -0.4 is 5.43 Å². The maximum absolute atomic E-state index is 11.8. The van der Waals surface area contributed by atoms with E-state index in [9.17, 15) is 14.9 Å². The van der Waals surface area contributed by atoms with Gasteiger partial charge < -0.3 is 0 Å². The van der Waals surface area contributed by atoms with E-state index in [1.54, 1.807) is 30.6 Å². The quantitative estimate of drug-likeness (QED) is 0.520. The van der Waals surface area contributed by atoms with E-state index >= 15 is 0 Å². The Hall–Kier alpha value is -3.09. The van der Waals surface area contributed by atoms with Crippen molar-refractivity contribution in [3.63, 3.8) is 0 Å². The molecule has 7 nitrogen and oxygen atoms in total. The minimum absolute atomic E-state index is 0.0409. The van der Waals surface area contributed by atoms with E-state index in [2.05, 4.69) is 15.5 Å². The van der Waals surface area contributed by atoms with E-state index < -0.39 is 10.8 Å². The lowest BCUT2D eigenvalue weighted by Crippen LogP contribution is -2.18. The molecule has 0 atom stereocenters. The highest BCUT2D eigenvalue weighted by Crippen LogP contribution is 2.17. The fourth-order valence-corrected chi connectivity index (χ4v) is 1.50. The summed E-state index contributed by atoms with van der Waals surface area (Å²) in [6.45, 7) is 0. The van der Waals surface area contributed by atoms with Crippen molar-refractivity contribution in [3.8, 4) is 0 Å². The standard InChI is InChI=1S/C13H10N4O3/c18-13(11-5-1-2-6-12(11)17(19)20)16-15-9-10-4-3-7-14-8-10/h1-9H,(H,16,18)/b15-9-. The van der Waals surface area contributed by atoms with Crippen LogP contribution >= 0.6 is 0 Å². The largest absolute Gasteiger partial charge is 0.282 e. The van der Waals surface area contributed by atoms with Crippen LogP contribution in [0, 0.1) is 10.1 Å². The summed E-state index contributed by atoms with van der Waals surface area (Å²) >= 11 is 0. The maximum atomic E-state index is 11.8. The second-order valence-electron chi connectivity index (χ2n) is 3.76. The van der Waals surface area contributed by atoms with Gasteiger partial charge in [-0.2, -0.15) is 5.10 Å². The number of hydrogen-bond donors (Lipinski definition) is 1. The second-order valence-corrected chi connectivity index (χ2v) is 3.76. The van der Waals surface area contributed by atoms with Gasteiger partial charge in [0.15, 0.2) is 0 Å². The lowest BCUT2D eigenvalue weighted by molar-refractivity contribution is -0.385. The van der Waals surface area contributed by atoms with Gasteiger partial charge in [-0.15, -0.1) is 0 Å². The molecule has 1 heterocycles. The van der Waals surface area contributed by atoms with Crippen LogP contribution in [0.25, 0.3) is 0 Å². The SMILES string of the molecule is O=C(N/N=C\c1cccnc1)c1ccccc1[N+](=O)[O-]. The molecule has 1 N–H and O–H groups in total. The van der Waals surface area contributed by atoms with Crippen LogP contribution in [-0.2, 0) is 0 Å². The van der Waals surface area contributed by atoms with Crippen LogP contribution in [0.2, 0.25) is 0 Å². The Morgan fingerprint density at radius 3 is 2.80 bits per heavy atom. The first-order valence-corrected chi connectivity index (χ1v) is 5.65. The van der Waals surface area contributed by atoms with Gasteiger partial charge in [0, 0.05) is 24.0 Å². The molecule has 1 amide bonds. The molecule has 0 radical (unpaired) electrons. The average Bonchev–Trinajstić information content (AvgIpc) is 2.48. The number of pyridine rings is 1. The molecule has 0 saturated carbocycles. The Kier molecular flexibility index (Phi) is 4.13. The predicted octanol–water partition coefficient (Wildman–Crippen LogP) is 1.75. The maximum Gasteiger partial charge on any atom is 0.282 e. The van der Waals surface area contributed by atoms with Crippen molar-refractivity contribution < 1.29 is 9.72 Å². The number of carbonyl (C=O) groups is 1. The Labute approximate surface area is 114 Å². The number of nitro benzene ring substituents is 1. The van der Waals surface area contributed by atoms with E-state index in [0.29, 0.717) is 5.56 Å². The van der Waals surface area contributed by atoms with E-state index in [1.807, 2.05) is 0 Å². The zero-order valence-electron chi connectivity index (χ0n) is 10.3. The third-order valence-electron chi connectivity index (χ3n) is 2.41. The summed E-state index contributed by atoms with van der Waals surface area (Å²) in [4.78, 5) is 25.9. The van der Waals surface area contributed by atoms with E-state index in [4.69, 9.17) is 0 Å². The normalized spacial score (nSPS) is 10.4. The Balaban J connectivity index is 2.10. The zero-order chi connectivity index (χ0) is 14.4. The van der Waals surface area contributed by atoms with Crippen molar-refractivity contribution in [3.05, 3.63) is 70.0 Å². The van der Waals surface area contributed by atoms with Crippen LogP contribution in [0.4, 0.5) is 5.69 Å². The molecule has 0 aliphatic carbocycles. The number of hydrogen-bond acceptors (Lipinski definition) is 5. The average molecular weight is 270 g/mol. The number of para-hydroxylation sites is 1. The number of rotatable bonds is 4. The van der Waals surface area contributed by atoms with Crippen molar-refractivity contribution in [1.82, 2.24) is 10.4 Å². The molecule has 0 aliphatic heterocycles. The molecule has 0 unspecified atom stereocenters. The molecule has 2 rings (SSSR count). The molecule has 20 heavy (non-hydrogen) atoms. The van der Waals surface area contributed by atoms with Gasteiger partial charge in [-0.1, -0.05) is 18.2 Å². The van der Waals surface area contributed by atoms with Crippen molar-refractivity contribution in [2.75, 3.05) is 0 Å². The number of benzene rings is 1. The molecular formula is C13H10N4O3. The smallest absolute Gasteiger partial charge is 0.267 e. The van der Waals surface area contributed by atoms with Crippen LogP contribution in [-0.4, -0.2) is 22.0 Å². The van der Waals surface area contributed by atoms with Crippen molar-refractivity contribution in [2.24, 2.45) is 5.10 Å². The summed E-state index contributed by atoms with van der Waals surface area (Å²) in [5, 5.41) is 14.5. The molecule has 1 aromatic heterocycles. The summed E-state index contributed by atoms with van der Waals surface area (Å²) in [5.41, 5.74) is 2.64. The molecule has 0 bridgehead atoms. The number of carbonyl (C=O) groups excluding carboxylic acids is 1. The molecule has 7 heteroatoms. The number of nitrogens with one attached hydrogen (secondary N) is 1.